The van der Waals surface area contributed by atoms with Gasteiger partial charge >= 0.3 is 0 Å². The molecular formula is C16H33N3. The van der Waals surface area contributed by atoms with E-state index < -0.39 is 0 Å². The molecule has 2 aliphatic rings. The Morgan fingerprint density at radius 2 is 2.00 bits per heavy atom. The molecule has 2 rings (SSSR count). The van der Waals surface area contributed by atoms with E-state index in [9.17, 15) is 0 Å². The maximum absolute atomic E-state index is 3.60. The molecule has 2 fully saturated rings. The molecule has 0 spiro atoms. The summed E-state index contributed by atoms with van der Waals surface area (Å²) in [6.07, 6.45) is 8.49. The van der Waals surface area contributed by atoms with Crippen LogP contribution in [0.15, 0.2) is 0 Å². The highest BCUT2D eigenvalue weighted by Gasteiger charge is 2.35. The van der Waals surface area contributed by atoms with Gasteiger partial charge in [0.05, 0.1) is 0 Å². The summed E-state index contributed by atoms with van der Waals surface area (Å²) in [5.74, 6) is 0. The molecule has 1 aliphatic heterocycles. The van der Waals surface area contributed by atoms with Gasteiger partial charge in [-0.3, -0.25) is 0 Å². The van der Waals surface area contributed by atoms with Gasteiger partial charge in [-0.2, -0.15) is 0 Å². The number of likely N-dealkylation sites (N-methyl/N-ethyl adjacent to an activating group) is 2. The monoisotopic (exact) mass is 267 g/mol. The van der Waals surface area contributed by atoms with E-state index in [1.165, 1.54) is 64.7 Å². The van der Waals surface area contributed by atoms with E-state index in [4.69, 9.17) is 0 Å². The zero-order valence-electron chi connectivity index (χ0n) is 13.2. The van der Waals surface area contributed by atoms with Crippen molar-refractivity contribution >= 4 is 0 Å². The third-order valence-corrected chi connectivity index (χ3v) is 5.21. The molecule has 1 N–H and O–H groups in total. The summed E-state index contributed by atoms with van der Waals surface area (Å²) in [7, 11) is 4.62. The smallest absolute Gasteiger partial charge is 0.0220 e. The molecular weight excluding hydrogens is 234 g/mol. The molecule has 0 aromatic rings. The second-order valence-electron chi connectivity index (χ2n) is 6.96. The minimum atomic E-state index is 0.557. The highest BCUT2D eigenvalue weighted by Crippen LogP contribution is 2.38. The van der Waals surface area contributed by atoms with Crippen LogP contribution < -0.4 is 5.32 Å². The average Bonchev–Trinajstić information content (AvgIpc) is 2.98. The van der Waals surface area contributed by atoms with E-state index in [-0.39, 0.29) is 0 Å². The molecule has 0 amide bonds. The molecule has 1 unspecified atom stereocenters. The molecule has 19 heavy (non-hydrogen) atoms. The Balaban J connectivity index is 1.82. The first-order valence-corrected chi connectivity index (χ1v) is 8.25. The van der Waals surface area contributed by atoms with Crippen molar-refractivity contribution in [2.24, 2.45) is 5.41 Å². The average molecular weight is 267 g/mol. The second-order valence-corrected chi connectivity index (χ2v) is 6.96. The highest BCUT2D eigenvalue weighted by molar-refractivity contribution is 4.90. The first kappa shape index (κ1) is 15.3. The van der Waals surface area contributed by atoms with Crippen LogP contribution in [-0.2, 0) is 0 Å². The topological polar surface area (TPSA) is 18.5 Å². The largest absolute Gasteiger partial charge is 0.316 e. The van der Waals surface area contributed by atoms with Crippen LogP contribution in [0, 0.1) is 5.41 Å². The van der Waals surface area contributed by atoms with E-state index in [0.717, 1.165) is 12.6 Å². The van der Waals surface area contributed by atoms with Crippen LogP contribution in [0.4, 0.5) is 0 Å². The number of nitrogens with one attached hydrogen (secondary N) is 1. The van der Waals surface area contributed by atoms with E-state index in [1.807, 2.05) is 0 Å². The van der Waals surface area contributed by atoms with Crippen LogP contribution in [0.3, 0.4) is 0 Å². The van der Waals surface area contributed by atoms with Crippen LogP contribution >= 0.6 is 0 Å². The minimum Gasteiger partial charge on any atom is -0.316 e. The van der Waals surface area contributed by atoms with Gasteiger partial charge in [-0.25, -0.2) is 0 Å². The summed E-state index contributed by atoms with van der Waals surface area (Å²) < 4.78 is 0. The number of nitrogens with zero attached hydrogens (tertiary/aromatic N) is 2. The molecule has 3 nitrogen and oxygen atoms in total. The zero-order valence-corrected chi connectivity index (χ0v) is 13.2. The molecule has 1 saturated carbocycles. The fraction of sp³-hybridized carbons (Fsp3) is 1.00. The zero-order chi connectivity index (χ0) is 13.7. The summed E-state index contributed by atoms with van der Waals surface area (Å²) in [4.78, 5) is 5.15. The van der Waals surface area contributed by atoms with Gasteiger partial charge in [-0.15, -0.1) is 0 Å². The van der Waals surface area contributed by atoms with E-state index in [0.29, 0.717) is 5.41 Å². The summed E-state index contributed by atoms with van der Waals surface area (Å²) in [6.45, 7) is 8.38. The third-order valence-electron chi connectivity index (χ3n) is 5.21. The molecule has 0 radical (unpaired) electrons. The Labute approximate surface area is 119 Å². The maximum atomic E-state index is 3.60. The quantitative estimate of drug-likeness (QED) is 0.763. The first-order valence-electron chi connectivity index (χ1n) is 8.25. The van der Waals surface area contributed by atoms with Gasteiger partial charge in [0.25, 0.3) is 0 Å². The van der Waals surface area contributed by atoms with Crippen LogP contribution in [-0.4, -0.2) is 62.7 Å². The van der Waals surface area contributed by atoms with Crippen molar-refractivity contribution in [3.05, 3.63) is 0 Å². The van der Waals surface area contributed by atoms with E-state index >= 15 is 0 Å². The molecule has 0 aromatic heterocycles. The van der Waals surface area contributed by atoms with Crippen molar-refractivity contribution in [2.75, 3.05) is 46.8 Å². The Morgan fingerprint density at radius 3 is 2.58 bits per heavy atom. The molecule has 0 aromatic carbocycles. The van der Waals surface area contributed by atoms with Gasteiger partial charge in [-0.1, -0.05) is 19.8 Å². The van der Waals surface area contributed by atoms with Crippen molar-refractivity contribution in [2.45, 2.75) is 51.5 Å². The number of hydrogen-bond donors (Lipinski definition) is 1. The standard InChI is InChI=1S/C16H33N3/c1-4-17-13-16(9-5-6-10-16)14-18(2)12-15-8-7-11-19(15)3/h15,17H,4-14H2,1-3H3. The lowest BCUT2D eigenvalue weighted by Crippen LogP contribution is -2.45. The summed E-state index contributed by atoms with van der Waals surface area (Å²) in [5.41, 5.74) is 0.557. The SMILES string of the molecule is CCNCC1(CN(C)CC2CCCN2C)CCCC1. The van der Waals surface area contributed by atoms with Gasteiger partial charge in [-0.05, 0) is 58.3 Å². The number of hydrogen-bond acceptors (Lipinski definition) is 3. The predicted molar refractivity (Wildman–Crippen MR) is 82.6 cm³/mol. The maximum Gasteiger partial charge on any atom is 0.0220 e. The van der Waals surface area contributed by atoms with Crippen molar-refractivity contribution < 1.29 is 0 Å². The predicted octanol–water partition coefficient (Wildman–Crippen LogP) is 2.18. The Morgan fingerprint density at radius 1 is 1.26 bits per heavy atom. The van der Waals surface area contributed by atoms with Crippen molar-refractivity contribution in [3.8, 4) is 0 Å². The molecule has 3 heteroatoms. The fourth-order valence-electron chi connectivity index (χ4n) is 4.11. The lowest BCUT2D eigenvalue weighted by atomic mass is 9.85. The lowest BCUT2D eigenvalue weighted by Gasteiger charge is -2.35. The van der Waals surface area contributed by atoms with Gasteiger partial charge in [0, 0.05) is 25.7 Å². The highest BCUT2D eigenvalue weighted by atomic mass is 15.2. The van der Waals surface area contributed by atoms with Gasteiger partial charge in [0.2, 0.25) is 0 Å². The fourth-order valence-corrected chi connectivity index (χ4v) is 4.11. The Bertz CT molecular complexity index is 261. The molecule has 112 valence electrons. The Kier molecular flexibility index (Phi) is 5.67. The first-order chi connectivity index (χ1) is 9.15. The molecule has 1 aliphatic carbocycles. The van der Waals surface area contributed by atoms with Gasteiger partial charge in [0.15, 0.2) is 0 Å². The molecule has 1 atom stereocenters. The summed E-state index contributed by atoms with van der Waals surface area (Å²) >= 11 is 0. The summed E-state index contributed by atoms with van der Waals surface area (Å²) in [5, 5.41) is 3.60. The van der Waals surface area contributed by atoms with Crippen LogP contribution in [0.5, 0.6) is 0 Å². The van der Waals surface area contributed by atoms with Crippen LogP contribution in [0.25, 0.3) is 0 Å². The minimum absolute atomic E-state index is 0.557. The molecule has 0 bridgehead atoms. The van der Waals surface area contributed by atoms with Gasteiger partial charge in [0.1, 0.15) is 0 Å². The van der Waals surface area contributed by atoms with Crippen LogP contribution in [0.1, 0.15) is 45.4 Å². The lowest BCUT2D eigenvalue weighted by molar-refractivity contribution is 0.144. The summed E-state index contributed by atoms with van der Waals surface area (Å²) in [6, 6.07) is 0.794. The van der Waals surface area contributed by atoms with Crippen molar-refractivity contribution in [1.29, 1.82) is 0 Å². The normalized spacial score (nSPS) is 27.5. The Hall–Kier alpha value is -0.120. The van der Waals surface area contributed by atoms with Crippen LogP contribution in [0.2, 0.25) is 0 Å². The third kappa shape index (κ3) is 4.17. The van der Waals surface area contributed by atoms with Crippen molar-refractivity contribution in [1.82, 2.24) is 15.1 Å². The molecule has 1 saturated heterocycles. The van der Waals surface area contributed by atoms with Gasteiger partial charge < -0.3 is 15.1 Å². The number of likely N-dealkylation sites (tertiary alicyclic amines) is 1. The molecule has 1 heterocycles. The second kappa shape index (κ2) is 7.05. The number of rotatable bonds is 7. The van der Waals surface area contributed by atoms with E-state index in [2.05, 4.69) is 36.1 Å². The van der Waals surface area contributed by atoms with E-state index in [1.54, 1.807) is 0 Å². The van der Waals surface area contributed by atoms with Crippen molar-refractivity contribution in [3.63, 3.8) is 0 Å².